The molecule has 1 aliphatic rings. The van der Waals surface area contributed by atoms with Crippen molar-refractivity contribution in [2.45, 2.75) is 19.3 Å². The topological polar surface area (TPSA) is 52.7 Å². The van der Waals surface area contributed by atoms with Gasteiger partial charge in [-0.3, -0.25) is 4.99 Å². The largest absolute Gasteiger partial charge is 0.381 e. The molecule has 1 aliphatic heterocycles. The SMILES string of the molecule is CN=C(NCCCc1c[nH]c2ccccc12)N(C)CC1CCOC1.I. The molecule has 25 heavy (non-hydrogen) atoms. The minimum Gasteiger partial charge on any atom is -0.381 e. The predicted molar refractivity (Wildman–Crippen MR) is 115 cm³/mol. The monoisotopic (exact) mass is 456 g/mol. The molecule has 0 spiro atoms. The summed E-state index contributed by atoms with van der Waals surface area (Å²) in [5, 5.41) is 4.81. The highest BCUT2D eigenvalue weighted by atomic mass is 127. The number of hydrogen-bond acceptors (Lipinski definition) is 2. The molecule has 2 heterocycles. The summed E-state index contributed by atoms with van der Waals surface area (Å²) < 4.78 is 5.46. The van der Waals surface area contributed by atoms with Crippen molar-refractivity contribution in [3.63, 3.8) is 0 Å². The van der Waals surface area contributed by atoms with Crippen LogP contribution >= 0.6 is 24.0 Å². The summed E-state index contributed by atoms with van der Waals surface area (Å²) in [4.78, 5) is 9.96. The number of H-pyrrole nitrogens is 1. The number of ether oxygens (including phenoxy) is 1. The molecule has 2 N–H and O–H groups in total. The maximum atomic E-state index is 5.46. The van der Waals surface area contributed by atoms with E-state index in [0.29, 0.717) is 5.92 Å². The van der Waals surface area contributed by atoms with E-state index in [1.807, 2.05) is 7.05 Å². The van der Waals surface area contributed by atoms with E-state index in [4.69, 9.17) is 4.74 Å². The van der Waals surface area contributed by atoms with Crippen LogP contribution in [0.15, 0.2) is 35.5 Å². The van der Waals surface area contributed by atoms with Gasteiger partial charge in [-0.15, -0.1) is 24.0 Å². The number of fused-ring (bicyclic) bond motifs is 1. The lowest BCUT2D eigenvalue weighted by molar-refractivity contribution is 0.181. The number of aliphatic imine (C=N–C) groups is 1. The molecule has 1 unspecified atom stereocenters. The second-order valence-electron chi connectivity index (χ2n) is 6.55. The first-order chi connectivity index (χ1) is 11.8. The van der Waals surface area contributed by atoms with Crippen LogP contribution in [0.3, 0.4) is 0 Å². The standard InChI is InChI=1S/C19H28N4O.HI/c1-20-19(23(2)13-15-9-11-24-14-15)21-10-5-6-16-12-22-18-8-4-3-7-17(16)18;/h3-4,7-8,12,15,22H,5-6,9-11,13-14H2,1-2H3,(H,20,21);1H. The Labute approximate surface area is 167 Å². The number of nitrogens with one attached hydrogen (secondary N) is 2. The zero-order chi connectivity index (χ0) is 16.8. The number of halogens is 1. The van der Waals surface area contributed by atoms with Gasteiger partial charge in [0.1, 0.15) is 0 Å². The molecule has 0 amide bonds. The van der Waals surface area contributed by atoms with E-state index in [1.54, 1.807) is 0 Å². The first-order valence-electron chi connectivity index (χ1n) is 8.82. The molecule has 0 aliphatic carbocycles. The second kappa shape index (κ2) is 10.0. The van der Waals surface area contributed by atoms with Crippen molar-refractivity contribution >= 4 is 40.8 Å². The van der Waals surface area contributed by atoms with E-state index in [9.17, 15) is 0 Å². The fraction of sp³-hybridized carbons (Fsp3) is 0.526. The summed E-state index contributed by atoms with van der Waals surface area (Å²) in [6, 6.07) is 8.48. The third-order valence-electron chi connectivity index (χ3n) is 4.71. The van der Waals surface area contributed by atoms with Crippen LogP contribution in [0.2, 0.25) is 0 Å². The van der Waals surface area contributed by atoms with E-state index in [-0.39, 0.29) is 24.0 Å². The number of para-hydroxylation sites is 1. The van der Waals surface area contributed by atoms with Crippen LogP contribution in [0.4, 0.5) is 0 Å². The normalized spacial score (nSPS) is 17.5. The maximum absolute atomic E-state index is 5.46. The highest BCUT2D eigenvalue weighted by Crippen LogP contribution is 2.18. The van der Waals surface area contributed by atoms with Crippen LogP contribution in [0.5, 0.6) is 0 Å². The third kappa shape index (κ3) is 5.34. The summed E-state index contributed by atoms with van der Waals surface area (Å²) in [7, 11) is 3.96. The van der Waals surface area contributed by atoms with Gasteiger partial charge in [-0.05, 0) is 30.9 Å². The summed E-state index contributed by atoms with van der Waals surface area (Å²) in [5.74, 6) is 1.60. The molecule has 1 atom stereocenters. The Morgan fingerprint density at radius 2 is 2.24 bits per heavy atom. The van der Waals surface area contributed by atoms with Gasteiger partial charge in [0, 0.05) is 56.8 Å². The third-order valence-corrected chi connectivity index (χ3v) is 4.71. The number of guanidine groups is 1. The van der Waals surface area contributed by atoms with E-state index in [1.165, 1.54) is 16.5 Å². The molecule has 0 bridgehead atoms. The van der Waals surface area contributed by atoms with Crippen molar-refractivity contribution in [1.29, 1.82) is 0 Å². The molecule has 1 fully saturated rings. The van der Waals surface area contributed by atoms with Gasteiger partial charge in [0.05, 0.1) is 6.61 Å². The molecule has 6 heteroatoms. The molecular formula is C19H29IN4O. The number of nitrogens with zero attached hydrogens (tertiary/aromatic N) is 2. The Morgan fingerprint density at radius 1 is 1.40 bits per heavy atom. The number of aromatic nitrogens is 1. The highest BCUT2D eigenvalue weighted by molar-refractivity contribution is 14.0. The Balaban J connectivity index is 0.00000225. The Kier molecular flexibility index (Phi) is 8.02. The van der Waals surface area contributed by atoms with E-state index < -0.39 is 0 Å². The van der Waals surface area contributed by atoms with Gasteiger partial charge in [0.25, 0.3) is 0 Å². The Hall–Kier alpha value is -1.28. The molecule has 1 saturated heterocycles. The predicted octanol–water partition coefficient (Wildman–Crippen LogP) is 3.26. The second-order valence-corrected chi connectivity index (χ2v) is 6.55. The molecule has 1 aromatic heterocycles. The highest BCUT2D eigenvalue weighted by Gasteiger charge is 2.18. The van der Waals surface area contributed by atoms with Gasteiger partial charge in [-0.2, -0.15) is 0 Å². The summed E-state index contributed by atoms with van der Waals surface area (Å²) >= 11 is 0. The molecule has 3 rings (SSSR count). The fourth-order valence-electron chi connectivity index (χ4n) is 3.40. The number of aryl methyl sites for hydroxylation is 1. The van der Waals surface area contributed by atoms with Gasteiger partial charge in [0.2, 0.25) is 0 Å². The average Bonchev–Trinajstić information content (AvgIpc) is 3.25. The van der Waals surface area contributed by atoms with Crippen molar-refractivity contribution in [1.82, 2.24) is 15.2 Å². The van der Waals surface area contributed by atoms with Crippen LogP contribution in [-0.2, 0) is 11.2 Å². The summed E-state index contributed by atoms with van der Waals surface area (Å²) in [6.45, 7) is 3.71. The Bertz CT molecular complexity index is 679. The van der Waals surface area contributed by atoms with Crippen molar-refractivity contribution in [2.75, 3.05) is 40.4 Å². The summed E-state index contributed by atoms with van der Waals surface area (Å²) in [6.07, 6.45) is 5.43. The number of aromatic amines is 1. The van der Waals surface area contributed by atoms with Crippen LogP contribution < -0.4 is 5.32 Å². The van der Waals surface area contributed by atoms with Gasteiger partial charge in [-0.25, -0.2) is 0 Å². The summed E-state index contributed by atoms with van der Waals surface area (Å²) in [5.41, 5.74) is 2.61. The molecule has 0 radical (unpaired) electrons. The van der Waals surface area contributed by atoms with Crippen molar-refractivity contribution in [2.24, 2.45) is 10.9 Å². The van der Waals surface area contributed by atoms with E-state index in [2.05, 4.69) is 57.7 Å². The lowest BCUT2D eigenvalue weighted by Crippen LogP contribution is -2.41. The molecule has 0 saturated carbocycles. The number of rotatable bonds is 6. The zero-order valence-electron chi connectivity index (χ0n) is 15.1. The van der Waals surface area contributed by atoms with Gasteiger partial charge < -0.3 is 19.9 Å². The average molecular weight is 456 g/mol. The lowest BCUT2D eigenvalue weighted by atomic mass is 10.1. The first kappa shape index (κ1) is 20.0. The van der Waals surface area contributed by atoms with Gasteiger partial charge in [0.15, 0.2) is 5.96 Å². The maximum Gasteiger partial charge on any atom is 0.193 e. The molecular weight excluding hydrogens is 427 g/mol. The van der Waals surface area contributed by atoms with Gasteiger partial charge in [-0.1, -0.05) is 18.2 Å². The van der Waals surface area contributed by atoms with E-state index in [0.717, 1.165) is 51.5 Å². The van der Waals surface area contributed by atoms with Crippen molar-refractivity contribution in [3.8, 4) is 0 Å². The van der Waals surface area contributed by atoms with Crippen LogP contribution in [-0.4, -0.2) is 56.2 Å². The quantitative estimate of drug-likeness (QED) is 0.304. The van der Waals surface area contributed by atoms with Crippen LogP contribution in [0.1, 0.15) is 18.4 Å². The van der Waals surface area contributed by atoms with Gasteiger partial charge >= 0.3 is 0 Å². The molecule has 1 aromatic carbocycles. The van der Waals surface area contributed by atoms with Crippen molar-refractivity contribution < 1.29 is 4.74 Å². The molecule has 138 valence electrons. The van der Waals surface area contributed by atoms with Crippen LogP contribution in [0.25, 0.3) is 10.9 Å². The number of hydrogen-bond donors (Lipinski definition) is 2. The Morgan fingerprint density at radius 3 is 3.00 bits per heavy atom. The van der Waals surface area contributed by atoms with E-state index >= 15 is 0 Å². The van der Waals surface area contributed by atoms with Crippen molar-refractivity contribution in [3.05, 3.63) is 36.0 Å². The first-order valence-corrected chi connectivity index (χ1v) is 8.82. The minimum absolute atomic E-state index is 0. The zero-order valence-corrected chi connectivity index (χ0v) is 17.5. The van der Waals surface area contributed by atoms with Crippen LogP contribution in [0, 0.1) is 5.92 Å². The lowest BCUT2D eigenvalue weighted by Gasteiger charge is -2.24. The smallest absolute Gasteiger partial charge is 0.193 e. The molecule has 5 nitrogen and oxygen atoms in total. The fourth-order valence-corrected chi connectivity index (χ4v) is 3.40. The minimum atomic E-state index is 0. The molecule has 2 aromatic rings. The number of benzene rings is 1.